The Morgan fingerprint density at radius 2 is 1.13 bits per heavy atom. The molecule has 0 aliphatic heterocycles. The smallest absolute Gasteiger partial charge is 0.166 e. The average Bonchev–Trinajstić information content (AvgIpc) is 2.77. The Hall–Kier alpha value is -2.70. The molecule has 3 aromatic carbocycles. The van der Waals surface area contributed by atoms with Gasteiger partial charge in [0, 0.05) is 25.8 Å². The molecular formula is C27H20F3I. The molecule has 156 valence electrons. The third kappa shape index (κ3) is 6.15. The summed E-state index contributed by atoms with van der Waals surface area (Å²) in [6.07, 6.45) is -2.43. The molecule has 0 aliphatic carbocycles. The second kappa shape index (κ2) is 10.1. The van der Waals surface area contributed by atoms with Gasteiger partial charge in [-0.25, -0.2) is 0 Å². The van der Waals surface area contributed by atoms with E-state index in [0.717, 1.165) is 41.7 Å². The van der Waals surface area contributed by atoms with E-state index in [1.165, 1.54) is 26.8 Å². The van der Waals surface area contributed by atoms with Crippen LogP contribution in [0, 0.1) is 27.3 Å². The van der Waals surface area contributed by atoms with Gasteiger partial charge in [-0.15, -0.1) is 0 Å². The number of hydrogen-bond acceptors (Lipinski definition) is 0. The standard InChI is InChI=1S/C27H20F3I/c1-3-22-18-26(31)23(4-2)17-24(22)14-11-20-8-5-19(6-9-20)7-10-21-12-15-25(16-13-21)27(28,29)30/h5-6,8-9,12-13,15-18H,3-4H2,1-2H3. The van der Waals surface area contributed by atoms with Crippen molar-refractivity contribution >= 4 is 22.6 Å². The molecule has 31 heavy (non-hydrogen) atoms. The molecule has 0 radical (unpaired) electrons. The third-order valence-corrected chi connectivity index (χ3v) is 5.83. The number of rotatable bonds is 2. The van der Waals surface area contributed by atoms with Crippen LogP contribution >= 0.6 is 22.6 Å². The van der Waals surface area contributed by atoms with E-state index in [-0.39, 0.29) is 0 Å². The first kappa shape index (κ1) is 23.0. The first-order valence-electron chi connectivity index (χ1n) is 9.92. The van der Waals surface area contributed by atoms with Crippen LogP contribution in [0.4, 0.5) is 13.2 Å². The molecule has 0 saturated heterocycles. The van der Waals surface area contributed by atoms with Crippen LogP contribution in [0.5, 0.6) is 0 Å². The van der Waals surface area contributed by atoms with Crippen molar-refractivity contribution in [2.75, 3.05) is 0 Å². The number of halogens is 4. The number of hydrogen-bond donors (Lipinski definition) is 0. The maximum absolute atomic E-state index is 12.6. The largest absolute Gasteiger partial charge is 0.416 e. The first-order chi connectivity index (χ1) is 14.8. The van der Waals surface area contributed by atoms with Crippen LogP contribution in [-0.4, -0.2) is 0 Å². The van der Waals surface area contributed by atoms with E-state index in [2.05, 4.69) is 72.3 Å². The SMILES string of the molecule is CCc1cc(C#Cc2ccc(C#Cc3ccc(C(F)(F)F)cc3)cc2)c(CC)cc1I. The summed E-state index contributed by atoms with van der Waals surface area (Å²) in [7, 11) is 0. The summed E-state index contributed by atoms with van der Waals surface area (Å²) in [5, 5.41) is 0. The molecule has 0 nitrogen and oxygen atoms in total. The van der Waals surface area contributed by atoms with Gasteiger partial charge in [-0.2, -0.15) is 13.2 Å². The van der Waals surface area contributed by atoms with Crippen molar-refractivity contribution < 1.29 is 13.2 Å². The lowest BCUT2D eigenvalue weighted by Crippen LogP contribution is -2.04. The minimum Gasteiger partial charge on any atom is -0.166 e. The van der Waals surface area contributed by atoms with Crippen LogP contribution in [0.1, 0.15) is 52.8 Å². The molecule has 0 saturated carbocycles. The number of alkyl halides is 3. The van der Waals surface area contributed by atoms with Crippen molar-refractivity contribution in [3.63, 3.8) is 0 Å². The highest BCUT2D eigenvalue weighted by atomic mass is 127. The predicted molar refractivity (Wildman–Crippen MR) is 128 cm³/mol. The number of benzene rings is 3. The lowest BCUT2D eigenvalue weighted by molar-refractivity contribution is -0.137. The lowest BCUT2D eigenvalue weighted by atomic mass is 10.0. The summed E-state index contributed by atoms with van der Waals surface area (Å²) in [4.78, 5) is 0. The van der Waals surface area contributed by atoms with Crippen LogP contribution in [0.3, 0.4) is 0 Å². The van der Waals surface area contributed by atoms with E-state index in [9.17, 15) is 13.2 Å². The van der Waals surface area contributed by atoms with Crippen LogP contribution < -0.4 is 0 Å². The van der Waals surface area contributed by atoms with Crippen LogP contribution in [0.15, 0.2) is 60.7 Å². The first-order valence-corrected chi connectivity index (χ1v) is 11.0. The zero-order valence-electron chi connectivity index (χ0n) is 17.2. The minimum absolute atomic E-state index is 0.536. The van der Waals surface area contributed by atoms with Gasteiger partial charge in [-0.05, 0) is 107 Å². The summed E-state index contributed by atoms with van der Waals surface area (Å²) in [6, 6.07) is 16.8. The van der Waals surface area contributed by atoms with E-state index in [1.807, 2.05) is 24.3 Å². The second-order valence-corrected chi connectivity index (χ2v) is 8.12. The zero-order chi connectivity index (χ0) is 22.4. The van der Waals surface area contributed by atoms with Crippen LogP contribution in [0.25, 0.3) is 0 Å². The summed E-state index contributed by atoms with van der Waals surface area (Å²) in [5.74, 6) is 12.4. The topological polar surface area (TPSA) is 0 Å². The van der Waals surface area contributed by atoms with Crippen molar-refractivity contribution in [3.8, 4) is 23.7 Å². The molecule has 0 bridgehead atoms. The van der Waals surface area contributed by atoms with Gasteiger partial charge in [-0.3, -0.25) is 0 Å². The van der Waals surface area contributed by atoms with E-state index in [0.29, 0.717) is 5.56 Å². The molecule has 0 atom stereocenters. The molecule has 0 fully saturated rings. The normalized spacial score (nSPS) is 10.6. The van der Waals surface area contributed by atoms with Crippen molar-refractivity contribution in [1.29, 1.82) is 0 Å². The summed E-state index contributed by atoms with van der Waals surface area (Å²) < 4.78 is 39.2. The molecule has 0 N–H and O–H groups in total. The fourth-order valence-electron chi connectivity index (χ4n) is 3.00. The van der Waals surface area contributed by atoms with Gasteiger partial charge in [-0.1, -0.05) is 37.5 Å². The lowest BCUT2D eigenvalue weighted by Gasteiger charge is -2.07. The molecule has 3 aromatic rings. The van der Waals surface area contributed by atoms with Crippen molar-refractivity contribution in [1.82, 2.24) is 0 Å². The van der Waals surface area contributed by atoms with Gasteiger partial charge in [0.05, 0.1) is 5.56 Å². The molecule has 0 aromatic heterocycles. The maximum atomic E-state index is 12.6. The quantitative estimate of drug-likeness (QED) is 0.243. The molecule has 0 heterocycles. The highest BCUT2D eigenvalue weighted by Crippen LogP contribution is 2.29. The van der Waals surface area contributed by atoms with E-state index >= 15 is 0 Å². The van der Waals surface area contributed by atoms with E-state index in [4.69, 9.17) is 0 Å². The zero-order valence-corrected chi connectivity index (χ0v) is 19.4. The van der Waals surface area contributed by atoms with Gasteiger partial charge in [0.2, 0.25) is 0 Å². The van der Waals surface area contributed by atoms with Gasteiger partial charge in [0.25, 0.3) is 0 Å². The molecule has 0 spiro atoms. The van der Waals surface area contributed by atoms with Crippen molar-refractivity contribution in [3.05, 3.63) is 103 Å². The Morgan fingerprint density at radius 1 is 0.677 bits per heavy atom. The third-order valence-electron chi connectivity index (χ3n) is 4.82. The summed E-state index contributed by atoms with van der Waals surface area (Å²) in [6.45, 7) is 4.27. The molecule has 0 unspecified atom stereocenters. The Kier molecular flexibility index (Phi) is 7.46. The highest BCUT2D eigenvalue weighted by molar-refractivity contribution is 14.1. The molecule has 0 amide bonds. The van der Waals surface area contributed by atoms with Crippen molar-refractivity contribution in [2.24, 2.45) is 0 Å². The molecule has 0 aliphatic rings. The molecule has 3 rings (SSSR count). The summed E-state index contributed by atoms with van der Waals surface area (Å²) in [5.41, 5.74) is 5.14. The Bertz CT molecular complexity index is 1180. The monoisotopic (exact) mass is 528 g/mol. The Morgan fingerprint density at radius 3 is 1.58 bits per heavy atom. The van der Waals surface area contributed by atoms with Crippen molar-refractivity contribution in [2.45, 2.75) is 32.9 Å². The average molecular weight is 528 g/mol. The van der Waals surface area contributed by atoms with E-state index < -0.39 is 11.7 Å². The maximum Gasteiger partial charge on any atom is 0.416 e. The van der Waals surface area contributed by atoms with Crippen LogP contribution in [0.2, 0.25) is 0 Å². The second-order valence-electron chi connectivity index (χ2n) is 6.96. The fourth-order valence-corrected chi connectivity index (χ4v) is 3.92. The van der Waals surface area contributed by atoms with Gasteiger partial charge >= 0.3 is 6.18 Å². The Balaban J connectivity index is 1.77. The summed E-state index contributed by atoms with van der Waals surface area (Å²) >= 11 is 2.38. The minimum atomic E-state index is -4.34. The molecule has 4 heteroatoms. The highest BCUT2D eigenvalue weighted by Gasteiger charge is 2.29. The Labute approximate surface area is 195 Å². The van der Waals surface area contributed by atoms with E-state index in [1.54, 1.807) is 0 Å². The predicted octanol–water partition coefficient (Wildman–Crippen LogP) is 7.23. The fraction of sp³-hybridized carbons (Fsp3) is 0.185. The molecular weight excluding hydrogens is 508 g/mol. The van der Waals surface area contributed by atoms with Gasteiger partial charge in [0.15, 0.2) is 0 Å². The number of aryl methyl sites for hydroxylation is 2. The van der Waals surface area contributed by atoms with Crippen LogP contribution in [-0.2, 0) is 19.0 Å². The van der Waals surface area contributed by atoms with Gasteiger partial charge in [0.1, 0.15) is 0 Å². The van der Waals surface area contributed by atoms with Gasteiger partial charge < -0.3 is 0 Å².